The molecule has 0 heterocycles. The van der Waals surface area contributed by atoms with E-state index < -0.39 is 0 Å². The number of anilines is 3. The van der Waals surface area contributed by atoms with E-state index in [2.05, 4.69) is 144 Å². The molecule has 1 nitrogen and oxygen atoms in total. The Morgan fingerprint density at radius 2 is 1.24 bits per heavy atom. The molecule has 37 heavy (non-hydrogen) atoms. The van der Waals surface area contributed by atoms with Crippen molar-refractivity contribution in [2.45, 2.75) is 12.8 Å². The Bertz CT molecular complexity index is 1650. The molecule has 0 aromatic heterocycles. The van der Waals surface area contributed by atoms with Gasteiger partial charge in [-0.05, 0) is 93.4 Å². The summed E-state index contributed by atoms with van der Waals surface area (Å²) in [5, 5.41) is 2.80. The number of para-hydroxylation sites is 2. The average Bonchev–Trinajstić information content (AvgIpc) is 2.97. The van der Waals surface area contributed by atoms with E-state index in [0.29, 0.717) is 0 Å². The molecule has 7 rings (SSSR count). The van der Waals surface area contributed by atoms with Crippen molar-refractivity contribution in [3.63, 3.8) is 0 Å². The third-order valence-electron chi connectivity index (χ3n) is 7.51. The van der Waals surface area contributed by atoms with Crippen LogP contribution in [-0.4, -0.2) is 0 Å². The molecule has 0 amide bonds. The molecule has 0 bridgehead atoms. The first kappa shape index (κ1) is 21.6. The van der Waals surface area contributed by atoms with Crippen LogP contribution in [0.3, 0.4) is 0 Å². The lowest BCUT2D eigenvalue weighted by Crippen LogP contribution is -2.09. The first-order valence-electron chi connectivity index (χ1n) is 13.0. The third-order valence-corrected chi connectivity index (χ3v) is 7.51. The number of benzene rings is 5. The maximum absolute atomic E-state index is 2.42. The summed E-state index contributed by atoms with van der Waals surface area (Å²) in [6.45, 7) is 0. The fourth-order valence-corrected chi connectivity index (χ4v) is 5.73. The Morgan fingerprint density at radius 1 is 0.541 bits per heavy atom. The molecule has 0 aliphatic heterocycles. The second-order valence-corrected chi connectivity index (χ2v) is 9.73. The lowest BCUT2D eigenvalue weighted by Gasteiger charge is -2.26. The molecule has 5 aromatic carbocycles. The zero-order valence-corrected chi connectivity index (χ0v) is 20.6. The lowest BCUT2D eigenvalue weighted by molar-refractivity contribution is 1.22. The molecule has 0 N–H and O–H groups in total. The second-order valence-electron chi connectivity index (χ2n) is 9.73. The van der Waals surface area contributed by atoms with Crippen LogP contribution in [0.15, 0.2) is 133 Å². The molecule has 0 radical (unpaired) electrons. The van der Waals surface area contributed by atoms with Gasteiger partial charge in [-0.25, -0.2) is 0 Å². The number of hydrogen-bond donors (Lipinski definition) is 0. The lowest BCUT2D eigenvalue weighted by atomic mass is 9.79. The van der Waals surface area contributed by atoms with E-state index in [1.165, 1.54) is 44.2 Å². The van der Waals surface area contributed by atoms with Crippen LogP contribution in [0.1, 0.15) is 28.7 Å². The Kier molecular flexibility index (Phi) is 5.33. The monoisotopic (exact) mass is 473 g/mol. The third kappa shape index (κ3) is 3.90. The van der Waals surface area contributed by atoms with Gasteiger partial charge in [0.05, 0.1) is 0 Å². The van der Waals surface area contributed by atoms with Gasteiger partial charge in [-0.1, -0.05) is 103 Å². The van der Waals surface area contributed by atoms with Crippen LogP contribution in [0.5, 0.6) is 0 Å². The zero-order valence-electron chi connectivity index (χ0n) is 20.6. The van der Waals surface area contributed by atoms with Crippen molar-refractivity contribution in [2.24, 2.45) is 0 Å². The maximum atomic E-state index is 2.42. The zero-order chi connectivity index (χ0) is 24.6. The quantitative estimate of drug-likeness (QED) is 0.245. The van der Waals surface area contributed by atoms with Crippen molar-refractivity contribution in [3.05, 3.63) is 156 Å². The highest BCUT2D eigenvalue weighted by Crippen LogP contribution is 2.43. The van der Waals surface area contributed by atoms with Crippen molar-refractivity contribution >= 4 is 45.1 Å². The first-order chi connectivity index (χ1) is 18.3. The van der Waals surface area contributed by atoms with Crippen LogP contribution in [0, 0.1) is 0 Å². The van der Waals surface area contributed by atoms with Gasteiger partial charge in [-0.2, -0.15) is 0 Å². The maximum Gasteiger partial charge on any atom is 0.0462 e. The molecular weight excluding hydrogens is 446 g/mol. The Balaban J connectivity index is 1.21. The Labute approximate surface area is 218 Å². The van der Waals surface area contributed by atoms with Gasteiger partial charge in [0.2, 0.25) is 0 Å². The van der Waals surface area contributed by atoms with E-state index in [-0.39, 0.29) is 0 Å². The standard InChI is InChI=1S/C36H27N/c1-3-10-31(11-4-1)37(32-12-5-2-6-13-32)33-23-15-26(16-24-33)14-17-27-18-19-30-21-20-28-8-7-9-29-22-25-34(27)36(30)35(28)29/h1-18,21-25H,19-20H2. The predicted octanol–water partition coefficient (Wildman–Crippen LogP) is 9.75. The van der Waals surface area contributed by atoms with Gasteiger partial charge in [-0.15, -0.1) is 0 Å². The average molecular weight is 474 g/mol. The summed E-state index contributed by atoms with van der Waals surface area (Å²) in [5.41, 5.74) is 11.7. The molecule has 0 atom stereocenters. The highest BCUT2D eigenvalue weighted by atomic mass is 15.1. The smallest absolute Gasteiger partial charge is 0.0462 e. The molecule has 0 saturated carbocycles. The SMILES string of the molecule is C(=Cc1ccc(N(c2ccccc2)c2ccccc2)cc1)C1=CCC2=CCc3cccc4ccc1c2c34. The normalized spacial score (nSPS) is 13.9. The summed E-state index contributed by atoms with van der Waals surface area (Å²) in [6.07, 6.45) is 11.4. The van der Waals surface area contributed by atoms with E-state index in [1.54, 1.807) is 0 Å². The Morgan fingerprint density at radius 3 is 1.97 bits per heavy atom. The van der Waals surface area contributed by atoms with Crippen LogP contribution >= 0.6 is 0 Å². The fraction of sp³-hybridized carbons (Fsp3) is 0.0556. The largest absolute Gasteiger partial charge is 0.311 e. The van der Waals surface area contributed by atoms with Crippen molar-refractivity contribution in [1.82, 2.24) is 0 Å². The van der Waals surface area contributed by atoms with Gasteiger partial charge in [0, 0.05) is 17.1 Å². The fourth-order valence-electron chi connectivity index (χ4n) is 5.73. The van der Waals surface area contributed by atoms with Crippen LogP contribution in [0.4, 0.5) is 17.1 Å². The van der Waals surface area contributed by atoms with Crippen molar-refractivity contribution in [2.75, 3.05) is 4.90 Å². The van der Waals surface area contributed by atoms with E-state index in [0.717, 1.165) is 29.9 Å². The van der Waals surface area contributed by atoms with Gasteiger partial charge >= 0.3 is 0 Å². The first-order valence-corrected chi connectivity index (χ1v) is 13.0. The van der Waals surface area contributed by atoms with E-state index in [1.807, 2.05) is 0 Å². The number of hydrogen-bond acceptors (Lipinski definition) is 1. The van der Waals surface area contributed by atoms with Gasteiger partial charge in [0.25, 0.3) is 0 Å². The summed E-state index contributed by atoms with van der Waals surface area (Å²) in [6, 6.07) is 41.2. The summed E-state index contributed by atoms with van der Waals surface area (Å²) in [7, 11) is 0. The Hall–Kier alpha value is -4.62. The molecule has 176 valence electrons. The van der Waals surface area contributed by atoms with Crippen LogP contribution in [-0.2, 0) is 6.42 Å². The summed E-state index contributed by atoms with van der Waals surface area (Å²) < 4.78 is 0. The molecule has 2 aliphatic rings. The molecule has 2 aliphatic carbocycles. The molecule has 0 saturated heterocycles. The van der Waals surface area contributed by atoms with Gasteiger partial charge in [0.15, 0.2) is 0 Å². The minimum atomic E-state index is 1.00. The number of rotatable bonds is 5. The van der Waals surface area contributed by atoms with E-state index in [4.69, 9.17) is 0 Å². The van der Waals surface area contributed by atoms with Crippen LogP contribution in [0.2, 0.25) is 0 Å². The molecule has 0 spiro atoms. The molecule has 1 heteroatoms. The molecule has 0 unspecified atom stereocenters. The molecular formula is C36H27N. The van der Waals surface area contributed by atoms with E-state index in [9.17, 15) is 0 Å². The van der Waals surface area contributed by atoms with Gasteiger partial charge < -0.3 is 4.90 Å². The second kappa shape index (κ2) is 9.11. The highest BCUT2D eigenvalue weighted by molar-refractivity contribution is 6.05. The number of allylic oxidation sites excluding steroid dienone is 5. The van der Waals surface area contributed by atoms with E-state index >= 15 is 0 Å². The molecule has 0 fully saturated rings. The van der Waals surface area contributed by atoms with Crippen LogP contribution < -0.4 is 4.90 Å². The van der Waals surface area contributed by atoms with Gasteiger partial charge in [-0.3, -0.25) is 0 Å². The summed E-state index contributed by atoms with van der Waals surface area (Å²) in [5.74, 6) is 0. The van der Waals surface area contributed by atoms with Crippen molar-refractivity contribution in [1.29, 1.82) is 0 Å². The highest BCUT2D eigenvalue weighted by Gasteiger charge is 2.22. The van der Waals surface area contributed by atoms with Gasteiger partial charge in [0.1, 0.15) is 0 Å². The van der Waals surface area contributed by atoms with Crippen molar-refractivity contribution in [3.8, 4) is 0 Å². The van der Waals surface area contributed by atoms with Crippen LogP contribution in [0.25, 0.3) is 28.0 Å². The minimum absolute atomic E-state index is 1.00. The predicted molar refractivity (Wildman–Crippen MR) is 158 cm³/mol. The minimum Gasteiger partial charge on any atom is -0.311 e. The molecule has 5 aromatic rings. The van der Waals surface area contributed by atoms with Crippen molar-refractivity contribution < 1.29 is 0 Å². The summed E-state index contributed by atoms with van der Waals surface area (Å²) in [4.78, 5) is 2.29. The summed E-state index contributed by atoms with van der Waals surface area (Å²) >= 11 is 0. The number of nitrogens with zero attached hydrogens (tertiary/aromatic N) is 1. The topological polar surface area (TPSA) is 3.24 Å².